The van der Waals surface area contributed by atoms with Gasteiger partial charge in [0.1, 0.15) is 29.5 Å². The number of rotatable bonds is 9. The molecule has 0 aliphatic carbocycles. The van der Waals surface area contributed by atoms with Crippen LogP contribution in [0.1, 0.15) is 41.5 Å². The van der Waals surface area contributed by atoms with Crippen molar-refractivity contribution in [3.05, 3.63) is 0 Å². The molecule has 1 aliphatic heterocycles. The third-order valence-electron chi connectivity index (χ3n) is 4.10. The summed E-state index contributed by atoms with van der Waals surface area (Å²) in [4.78, 5) is 26.0. The number of carbonyl (C=O) groups excluding carboxylic acids is 2. The molecule has 1 fully saturated rings. The third kappa shape index (κ3) is 10.6. The molecule has 0 bridgehead atoms. The predicted octanol–water partition coefficient (Wildman–Crippen LogP) is -0.957. The van der Waals surface area contributed by atoms with Gasteiger partial charge in [-0.15, -0.1) is 0 Å². The maximum absolute atomic E-state index is 12.2. The van der Waals surface area contributed by atoms with Crippen molar-refractivity contribution in [2.45, 2.75) is 77.2 Å². The number of carbonyl (C=O) groups is 2. The topological polar surface area (TPSA) is 138 Å². The molecule has 0 amide bonds. The van der Waals surface area contributed by atoms with Crippen molar-refractivity contribution >= 4 is 11.9 Å². The first kappa shape index (κ1) is 26.7. The van der Waals surface area contributed by atoms with Crippen LogP contribution in [0.4, 0.5) is 0 Å². The van der Waals surface area contributed by atoms with Crippen molar-refractivity contribution in [1.82, 2.24) is 10.2 Å². The predicted molar refractivity (Wildman–Crippen MR) is 109 cm³/mol. The number of ether oxygens (including phenoxy) is 3. The Labute approximate surface area is 178 Å². The van der Waals surface area contributed by atoms with E-state index in [0.29, 0.717) is 13.1 Å². The zero-order valence-corrected chi connectivity index (χ0v) is 18.9. The van der Waals surface area contributed by atoms with Gasteiger partial charge in [0.05, 0.1) is 25.8 Å². The van der Waals surface area contributed by atoms with Gasteiger partial charge in [0.25, 0.3) is 0 Å². The van der Waals surface area contributed by atoms with Crippen LogP contribution in [0.15, 0.2) is 0 Å². The molecule has 4 N–H and O–H groups in total. The van der Waals surface area contributed by atoms with Crippen LogP contribution in [0, 0.1) is 0 Å². The second kappa shape index (κ2) is 11.4. The summed E-state index contributed by atoms with van der Waals surface area (Å²) in [7, 11) is 0. The van der Waals surface area contributed by atoms with Crippen molar-refractivity contribution < 1.29 is 39.1 Å². The van der Waals surface area contributed by atoms with Crippen LogP contribution in [0.25, 0.3) is 0 Å². The van der Waals surface area contributed by atoms with Gasteiger partial charge in [-0.1, -0.05) is 0 Å². The van der Waals surface area contributed by atoms with Crippen LogP contribution in [0.3, 0.4) is 0 Å². The Hall–Kier alpha value is -1.30. The Morgan fingerprint density at radius 3 is 1.93 bits per heavy atom. The molecule has 0 radical (unpaired) electrons. The SMILES string of the molecule is CC(C)(C)OC(=O)CN(CCNCC1OCC(O)C(O)[C@@H]1O)CC(=O)OC(C)(C)C. The summed E-state index contributed by atoms with van der Waals surface area (Å²) in [6.07, 6.45) is -4.26. The third-order valence-corrected chi connectivity index (χ3v) is 4.10. The van der Waals surface area contributed by atoms with Gasteiger partial charge in [-0.25, -0.2) is 0 Å². The van der Waals surface area contributed by atoms with E-state index < -0.39 is 47.6 Å². The van der Waals surface area contributed by atoms with Gasteiger partial charge in [-0.3, -0.25) is 14.5 Å². The minimum Gasteiger partial charge on any atom is -0.459 e. The fraction of sp³-hybridized carbons (Fsp3) is 0.900. The van der Waals surface area contributed by atoms with Crippen LogP contribution in [0.2, 0.25) is 0 Å². The van der Waals surface area contributed by atoms with Gasteiger partial charge in [0.15, 0.2) is 0 Å². The molecule has 4 atom stereocenters. The lowest BCUT2D eigenvalue weighted by Crippen LogP contribution is -2.56. The largest absolute Gasteiger partial charge is 0.459 e. The molecule has 1 heterocycles. The van der Waals surface area contributed by atoms with E-state index in [2.05, 4.69) is 5.32 Å². The van der Waals surface area contributed by atoms with E-state index in [1.165, 1.54) is 0 Å². The smallest absolute Gasteiger partial charge is 0.320 e. The highest BCUT2D eigenvalue weighted by Gasteiger charge is 2.37. The summed E-state index contributed by atoms with van der Waals surface area (Å²) in [6.45, 7) is 11.4. The Morgan fingerprint density at radius 2 is 1.47 bits per heavy atom. The summed E-state index contributed by atoms with van der Waals surface area (Å²) >= 11 is 0. The van der Waals surface area contributed by atoms with Crippen LogP contribution < -0.4 is 5.32 Å². The Morgan fingerprint density at radius 1 is 0.967 bits per heavy atom. The maximum atomic E-state index is 12.2. The minimum atomic E-state index is -1.26. The van der Waals surface area contributed by atoms with Gasteiger partial charge < -0.3 is 34.8 Å². The van der Waals surface area contributed by atoms with Crippen LogP contribution >= 0.6 is 0 Å². The summed E-state index contributed by atoms with van der Waals surface area (Å²) in [6, 6.07) is 0. The molecule has 1 rings (SSSR count). The fourth-order valence-electron chi connectivity index (χ4n) is 2.85. The molecule has 0 aromatic carbocycles. The molecule has 0 aromatic rings. The monoisotopic (exact) mass is 434 g/mol. The van der Waals surface area contributed by atoms with E-state index in [-0.39, 0.29) is 26.2 Å². The molecule has 1 aliphatic rings. The summed E-state index contributed by atoms with van der Waals surface area (Å²) < 4.78 is 16.0. The Balaban J connectivity index is 2.55. The number of nitrogens with one attached hydrogen (secondary N) is 1. The van der Waals surface area contributed by atoms with E-state index in [4.69, 9.17) is 14.2 Å². The van der Waals surface area contributed by atoms with E-state index in [1.54, 1.807) is 46.4 Å². The molecule has 0 aromatic heterocycles. The van der Waals surface area contributed by atoms with Crippen LogP contribution in [-0.4, -0.2) is 107 Å². The summed E-state index contributed by atoms with van der Waals surface area (Å²) in [5, 5.41) is 32.2. The lowest BCUT2D eigenvalue weighted by molar-refractivity contribution is -0.185. The molecule has 0 spiro atoms. The number of nitrogens with zero attached hydrogens (tertiary/aromatic N) is 1. The summed E-state index contributed by atoms with van der Waals surface area (Å²) in [5.41, 5.74) is -1.26. The second-order valence-electron chi connectivity index (χ2n) is 9.51. The Kier molecular flexibility index (Phi) is 10.1. The average molecular weight is 435 g/mol. The number of aliphatic hydroxyl groups excluding tert-OH is 3. The van der Waals surface area contributed by atoms with E-state index in [1.807, 2.05) is 0 Å². The molecule has 10 nitrogen and oxygen atoms in total. The first-order valence-corrected chi connectivity index (χ1v) is 10.2. The molecule has 3 unspecified atom stereocenters. The minimum absolute atomic E-state index is 0.0615. The first-order chi connectivity index (χ1) is 13.7. The van der Waals surface area contributed by atoms with Gasteiger partial charge in [0, 0.05) is 19.6 Å². The highest BCUT2D eigenvalue weighted by molar-refractivity contribution is 5.75. The van der Waals surface area contributed by atoms with Crippen molar-refractivity contribution in [1.29, 1.82) is 0 Å². The maximum Gasteiger partial charge on any atom is 0.320 e. The van der Waals surface area contributed by atoms with Gasteiger partial charge >= 0.3 is 11.9 Å². The van der Waals surface area contributed by atoms with Gasteiger partial charge in [-0.2, -0.15) is 0 Å². The molecule has 1 saturated heterocycles. The second-order valence-corrected chi connectivity index (χ2v) is 9.51. The van der Waals surface area contributed by atoms with Crippen molar-refractivity contribution in [2.24, 2.45) is 0 Å². The zero-order valence-electron chi connectivity index (χ0n) is 18.9. The molecule has 0 saturated carbocycles. The summed E-state index contributed by atoms with van der Waals surface area (Å²) in [5.74, 6) is -0.900. The normalized spacial score (nSPS) is 25.3. The number of hydrogen-bond acceptors (Lipinski definition) is 10. The quantitative estimate of drug-likeness (QED) is 0.265. The van der Waals surface area contributed by atoms with E-state index in [0.717, 1.165) is 0 Å². The lowest BCUT2D eigenvalue weighted by atomic mass is 10.0. The molecular formula is C20H38N2O8. The molecule has 176 valence electrons. The highest BCUT2D eigenvalue weighted by Crippen LogP contribution is 2.15. The van der Waals surface area contributed by atoms with E-state index >= 15 is 0 Å². The number of esters is 2. The van der Waals surface area contributed by atoms with Crippen LogP contribution in [-0.2, 0) is 23.8 Å². The molecule has 30 heavy (non-hydrogen) atoms. The van der Waals surface area contributed by atoms with E-state index in [9.17, 15) is 24.9 Å². The molecule has 10 heteroatoms. The number of hydrogen-bond donors (Lipinski definition) is 4. The van der Waals surface area contributed by atoms with Gasteiger partial charge in [0.2, 0.25) is 0 Å². The lowest BCUT2D eigenvalue weighted by Gasteiger charge is -2.35. The Bertz CT molecular complexity index is 528. The highest BCUT2D eigenvalue weighted by atomic mass is 16.6. The fourth-order valence-corrected chi connectivity index (χ4v) is 2.85. The van der Waals surface area contributed by atoms with Crippen LogP contribution in [0.5, 0.6) is 0 Å². The first-order valence-electron chi connectivity index (χ1n) is 10.2. The number of aliphatic hydroxyl groups is 3. The van der Waals surface area contributed by atoms with Gasteiger partial charge in [-0.05, 0) is 41.5 Å². The molecular weight excluding hydrogens is 396 g/mol. The van der Waals surface area contributed by atoms with Crippen molar-refractivity contribution in [3.63, 3.8) is 0 Å². The average Bonchev–Trinajstić information content (AvgIpc) is 2.54. The van der Waals surface area contributed by atoms with Crippen molar-refractivity contribution in [2.75, 3.05) is 39.3 Å². The zero-order chi connectivity index (χ0) is 23.1. The standard InChI is InChI=1S/C20H38N2O8/c1-19(2,3)29-15(24)10-22(11-16(25)30-20(4,5)6)8-7-21-9-14-18(27)17(26)13(23)12-28-14/h13-14,17-18,21,23,26-27H,7-12H2,1-6H3/t13?,14?,17?,18-/m1/s1. The van der Waals surface area contributed by atoms with Crippen molar-refractivity contribution in [3.8, 4) is 0 Å².